The minimum atomic E-state index is -0.0575. The molecular formula is C15H17ClN6O. The molecule has 2 aromatic rings. The van der Waals surface area contributed by atoms with Crippen LogP contribution >= 0.6 is 11.6 Å². The first-order chi connectivity index (χ1) is 11.2. The largest absolute Gasteiger partial charge is 0.354 e. The van der Waals surface area contributed by atoms with E-state index in [9.17, 15) is 4.79 Å². The summed E-state index contributed by atoms with van der Waals surface area (Å²) in [6.45, 7) is 3.63. The van der Waals surface area contributed by atoms with Crippen LogP contribution in [-0.4, -0.2) is 58.5 Å². The second-order valence-corrected chi connectivity index (χ2v) is 5.71. The number of nitrogens with zero attached hydrogens (tertiary/aromatic N) is 5. The number of aromatic nitrogens is 3. The Labute approximate surface area is 139 Å². The molecule has 1 aliphatic rings. The molecule has 1 N–H and O–H groups in total. The van der Waals surface area contributed by atoms with Gasteiger partial charge < -0.3 is 10.2 Å². The molecule has 0 atom stereocenters. The second-order valence-electron chi connectivity index (χ2n) is 5.27. The standard InChI is InChI=1S/C15H17ClN6O/c16-12-1-2-14(19-7-12)22-5-3-21(4-6-22)10-15(23)20-13-8-17-11-18-9-13/h1-2,7-9,11H,3-6,10H2,(H,20,23). The lowest BCUT2D eigenvalue weighted by Gasteiger charge is -2.34. The van der Waals surface area contributed by atoms with Crippen LogP contribution in [0.5, 0.6) is 0 Å². The zero-order valence-corrected chi connectivity index (χ0v) is 13.3. The quantitative estimate of drug-likeness (QED) is 0.909. The molecule has 3 rings (SSSR count). The third kappa shape index (κ3) is 4.37. The van der Waals surface area contributed by atoms with Crippen LogP contribution in [0.25, 0.3) is 0 Å². The summed E-state index contributed by atoms with van der Waals surface area (Å²) in [4.78, 5) is 28.4. The van der Waals surface area contributed by atoms with Gasteiger partial charge in [-0.2, -0.15) is 0 Å². The lowest BCUT2D eigenvalue weighted by molar-refractivity contribution is -0.117. The fourth-order valence-electron chi connectivity index (χ4n) is 2.46. The van der Waals surface area contributed by atoms with Crippen molar-refractivity contribution < 1.29 is 4.79 Å². The molecule has 0 spiro atoms. The molecule has 0 aromatic carbocycles. The highest BCUT2D eigenvalue weighted by atomic mass is 35.5. The molecule has 2 aromatic heterocycles. The summed E-state index contributed by atoms with van der Waals surface area (Å²) in [5.74, 6) is 0.859. The number of pyridine rings is 1. The van der Waals surface area contributed by atoms with Gasteiger partial charge in [-0.3, -0.25) is 9.69 Å². The van der Waals surface area contributed by atoms with Crippen molar-refractivity contribution >= 4 is 29.0 Å². The van der Waals surface area contributed by atoms with Gasteiger partial charge in [0.1, 0.15) is 12.1 Å². The molecule has 120 valence electrons. The van der Waals surface area contributed by atoms with Crippen LogP contribution in [0.2, 0.25) is 5.02 Å². The first-order valence-corrected chi connectivity index (χ1v) is 7.72. The van der Waals surface area contributed by atoms with Crippen molar-refractivity contribution in [1.82, 2.24) is 19.9 Å². The van der Waals surface area contributed by atoms with Crippen LogP contribution in [0.4, 0.5) is 11.5 Å². The molecule has 1 saturated heterocycles. The lowest BCUT2D eigenvalue weighted by atomic mass is 10.3. The molecule has 0 saturated carbocycles. The smallest absolute Gasteiger partial charge is 0.238 e. The van der Waals surface area contributed by atoms with E-state index in [0.29, 0.717) is 17.3 Å². The maximum Gasteiger partial charge on any atom is 0.238 e. The van der Waals surface area contributed by atoms with Crippen LogP contribution in [0.3, 0.4) is 0 Å². The maximum atomic E-state index is 12.0. The van der Waals surface area contributed by atoms with Crippen molar-refractivity contribution in [3.8, 4) is 0 Å². The Balaban J connectivity index is 1.47. The highest BCUT2D eigenvalue weighted by Crippen LogP contribution is 2.16. The maximum absolute atomic E-state index is 12.0. The number of nitrogens with one attached hydrogen (secondary N) is 1. The van der Waals surface area contributed by atoms with Crippen molar-refractivity contribution in [3.63, 3.8) is 0 Å². The highest BCUT2D eigenvalue weighted by molar-refractivity contribution is 6.30. The Morgan fingerprint density at radius 3 is 2.52 bits per heavy atom. The lowest BCUT2D eigenvalue weighted by Crippen LogP contribution is -2.48. The number of carbonyl (C=O) groups is 1. The zero-order valence-electron chi connectivity index (χ0n) is 12.5. The normalized spacial score (nSPS) is 15.4. The van der Waals surface area contributed by atoms with Crippen LogP contribution < -0.4 is 10.2 Å². The van der Waals surface area contributed by atoms with Gasteiger partial charge in [-0.1, -0.05) is 11.6 Å². The van der Waals surface area contributed by atoms with Crippen LogP contribution in [-0.2, 0) is 4.79 Å². The van der Waals surface area contributed by atoms with Gasteiger partial charge in [-0.25, -0.2) is 15.0 Å². The van der Waals surface area contributed by atoms with Gasteiger partial charge in [0, 0.05) is 32.4 Å². The summed E-state index contributed by atoms with van der Waals surface area (Å²) in [5.41, 5.74) is 0.613. The van der Waals surface area contributed by atoms with Gasteiger partial charge in [0.25, 0.3) is 0 Å². The van der Waals surface area contributed by atoms with Crippen molar-refractivity contribution in [2.75, 3.05) is 42.9 Å². The summed E-state index contributed by atoms with van der Waals surface area (Å²) in [6, 6.07) is 3.76. The van der Waals surface area contributed by atoms with Gasteiger partial charge >= 0.3 is 0 Å². The van der Waals surface area contributed by atoms with Gasteiger partial charge in [0.05, 0.1) is 29.6 Å². The van der Waals surface area contributed by atoms with Crippen molar-refractivity contribution in [2.45, 2.75) is 0 Å². The molecule has 0 bridgehead atoms. The Morgan fingerprint density at radius 1 is 1.13 bits per heavy atom. The van der Waals surface area contributed by atoms with Crippen molar-refractivity contribution in [1.29, 1.82) is 0 Å². The molecule has 7 nitrogen and oxygen atoms in total. The monoisotopic (exact) mass is 332 g/mol. The molecule has 23 heavy (non-hydrogen) atoms. The minimum absolute atomic E-state index is 0.0575. The molecule has 1 aliphatic heterocycles. The predicted octanol–water partition coefficient (Wildman–Crippen LogP) is 1.29. The van der Waals surface area contributed by atoms with Crippen molar-refractivity contribution in [2.24, 2.45) is 0 Å². The van der Waals surface area contributed by atoms with Crippen LogP contribution in [0, 0.1) is 0 Å². The van der Waals surface area contributed by atoms with Crippen LogP contribution in [0.1, 0.15) is 0 Å². The second kappa shape index (κ2) is 7.34. The van der Waals surface area contributed by atoms with Crippen molar-refractivity contribution in [3.05, 3.63) is 42.1 Å². The molecule has 0 unspecified atom stereocenters. The molecular weight excluding hydrogens is 316 g/mol. The summed E-state index contributed by atoms with van der Waals surface area (Å²) < 4.78 is 0. The molecule has 8 heteroatoms. The SMILES string of the molecule is O=C(CN1CCN(c2ccc(Cl)cn2)CC1)Nc1cncnc1. The van der Waals surface area contributed by atoms with Gasteiger partial charge in [0.15, 0.2) is 0 Å². The number of hydrogen-bond acceptors (Lipinski definition) is 6. The fraction of sp³-hybridized carbons (Fsp3) is 0.333. The van der Waals surface area contributed by atoms with E-state index in [1.54, 1.807) is 18.6 Å². The van der Waals surface area contributed by atoms with E-state index < -0.39 is 0 Å². The Bertz CT molecular complexity index is 643. The summed E-state index contributed by atoms with van der Waals surface area (Å²) in [7, 11) is 0. The fourth-order valence-corrected chi connectivity index (χ4v) is 2.57. The number of rotatable bonds is 4. The predicted molar refractivity (Wildman–Crippen MR) is 88.6 cm³/mol. The molecule has 0 aliphatic carbocycles. The van der Waals surface area contributed by atoms with Gasteiger partial charge in [-0.05, 0) is 12.1 Å². The number of hydrogen-bond donors (Lipinski definition) is 1. The van der Waals surface area contributed by atoms with E-state index in [4.69, 9.17) is 11.6 Å². The number of piperazine rings is 1. The van der Waals surface area contributed by atoms with E-state index in [0.717, 1.165) is 32.0 Å². The minimum Gasteiger partial charge on any atom is -0.354 e. The summed E-state index contributed by atoms with van der Waals surface area (Å²) >= 11 is 5.85. The molecule has 0 radical (unpaired) electrons. The third-order valence-corrected chi connectivity index (χ3v) is 3.84. The summed E-state index contributed by atoms with van der Waals surface area (Å²) in [6.07, 6.45) is 6.24. The van der Waals surface area contributed by atoms with E-state index in [1.807, 2.05) is 12.1 Å². The number of carbonyl (C=O) groups excluding carboxylic acids is 1. The molecule has 3 heterocycles. The van der Waals surface area contributed by atoms with Gasteiger partial charge in [0.2, 0.25) is 5.91 Å². The van der Waals surface area contributed by atoms with E-state index in [1.165, 1.54) is 6.33 Å². The summed E-state index contributed by atoms with van der Waals surface area (Å²) in [5, 5.41) is 3.43. The average Bonchev–Trinajstić information content (AvgIpc) is 2.57. The Hall–Kier alpha value is -2.25. The first-order valence-electron chi connectivity index (χ1n) is 7.34. The molecule has 1 amide bonds. The van der Waals surface area contributed by atoms with E-state index >= 15 is 0 Å². The topological polar surface area (TPSA) is 74.2 Å². The Kier molecular flexibility index (Phi) is 4.99. The third-order valence-electron chi connectivity index (χ3n) is 3.62. The zero-order chi connectivity index (χ0) is 16.1. The molecule has 1 fully saturated rings. The number of halogens is 1. The van der Waals surface area contributed by atoms with E-state index in [-0.39, 0.29) is 5.91 Å². The highest BCUT2D eigenvalue weighted by Gasteiger charge is 2.19. The van der Waals surface area contributed by atoms with Crippen LogP contribution in [0.15, 0.2) is 37.1 Å². The number of anilines is 2. The van der Waals surface area contributed by atoms with E-state index in [2.05, 4.69) is 30.1 Å². The average molecular weight is 333 g/mol. The first kappa shape index (κ1) is 15.6. The number of amides is 1. The van der Waals surface area contributed by atoms with Gasteiger partial charge in [-0.15, -0.1) is 0 Å². The Morgan fingerprint density at radius 2 is 1.87 bits per heavy atom.